The summed E-state index contributed by atoms with van der Waals surface area (Å²) < 4.78 is 7.17. The van der Waals surface area contributed by atoms with Crippen LogP contribution < -0.4 is 10.1 Å². The fourth-order valence-corrected chi connectivity index (χ4v) is 1.86. The van der Waals surface area contributed by atoms with E-state index in [0.717, 1.165) is 17.7 Å². The molecule has 0 aliphatic carbocycles. The molecule has 0 amide bonds. The van der Waals surface area contributed by atoms with Crippen LogP contribution in [0.2, 0.25) is 0 Å². The van der Waals surface area contributed by atoms with E-state index in [1.54, 1.807) is 12.3 Å². The molecule has 0 saturated carbocycles. The van der Waals surface area contributed by atoms with E-state index in [-0.39, 0.29) is 0 Å². The fourth-order valence-electron chi connectivity index (χ4n) is 1.86. The summed E-state index contributed by atoms with van der Waals surface area (Å²) in [6.07, 6.45) is 4.61. The van der Waals surface area contributed by atoms with Crippen molar-refractivity contribution in [3.05, 3.63) is 29.7 Å². The maximum absolute atomic E-state index is 5.34. The topological polar surface area (TPSA) is 64.9 Å². The summed E-state index contributed by atoms with van der Waals surface area (Å²) in [4.78, 5) is 8.44. The minimum atomic E-state index is 0.567. The van der Waals surface area contributed by atoms with Gasteiger partial charge in [-0.3, -0.25) is 4.68 Å². The number of hydrogen-bond donors (Lipinski definition) is 1. The van der Waals surface area contributed by atoms with Crippen molar-refractivity contribution in [2.24, 2.45) is 7.05 Å². The molecule has 6 heteroatoms. The first-order chi connectivity index (χ1) is 9.22. The average molecular weight is 261 g/mol. The Morgan fingerprint density at radius 2 is 2.21 bits per heavy atom. The Bertz CT molecular complexity index is 538. The SMILES string of the molecule is CCOc1ccnc(NCc2cn(C)nc2CC)n1. The lowest BCUT2D eigenvalue weighted by Crippen LogP contribution is -2.05. The van der Waals surface area contributed by atoms with Crippen molar-refractivity contribution >= 4 is 5.95 Å². The van der Waals surface area contributed by atoms with Crippen LogP contribution in [0.3, 0.4) is 0 Å². The van der Waals surface area contributed by atoms with Crippen LogP contribution in [0.1, 0.15) is 25.1 Å². The van der Waals surface area contributed by atoms with Gasteiger partial charge in [-0.1, -0.05) is 6.92 Å². The fraction of sp³-hybridized carbons (Fsp3) is 0.462. The van der Waals surface area contributed by atoms with E-state index >= 15 is 0 Å². The van der Waals surface area contributed by atoms with E-state index in [1.165, 1.54) is 0 Å². The monoisotopic (exact) mass is 261 g/mol. The summed E-state index contributed by atoms with van der Waals surface area (Å²) in [5, 5.41) is 7.59. The maximum atomic E-state index is 5.34. The van der Waals surface area contributed by atoms with Crippen LogP contribution in [0.15, 0.2) is 18.5 Å². The van der Waals surface area contributed by atoms with Crippen LogP contribution >= 0.6 is 0 Å². The minimum absolute atomic E-state index is 0.567. The van der Waals surface area contributed by atoms with Gasteiger partial charge in [0.25, 0.3) is 0 Å². The van der Waals surface area contributed by atoms with Gasteiger partial charge in [0, 0.05) is 37.6 Å². The Kier molecular flexibility index (Phi) is 4.33. The van der Waals surface area contributed by atoms with Crippen molar-refractivity contribution in [3.8, 4) is 5.88 Å². The maximum Gasteiger partial charge on any atom is 0.226 e. The summed E-state index contributed by atoms with van der Waals surface area (Å²) in [6, 6.07) is 1.75. The first kappa shape index (κ1) is 13.3. The highest BCUT2D eigenvalue weighted by Gasteiger charge is 2.06. The number of nitrogens with one attached hydrogen (secondary N) is 1. The zero-order chi connectivity index (χ0) is 13.7. The number of hydrogen-bond acceptors (Lipinski definition) is 5. The molecule has 1 N–H and O–H groups in total. The summed E-state index contributed by atoms with van der Waals surface area (Å²) in [5.74, 6) is 1.15. The van der Waals surface area contributed by atoms with Crippen molar-refractivity contribution < 1.29 is 4.74 Å². The van der Waals surface area contributed by atoms with Gasteiger partial charge >= 0.3 is 0 Å². The Labute approximate surface area is 112 Å². The zero-order valence-corrected chi connectivity index (χ0v) is 11.6. The molecule has 0 aliphatic rings. The summed E-state index contributed by atoms with van der Waals surface area (Å²) >= 11 is 0. The number of aromatic nitrogens is 4. The molecule has 0 bridgehead atoms. The van der Waals surface area contributed by atoms with Gasteiger partial charge in [0.15, 0.2) is 0 Å². The second-order valence-electron chi connectivity index (χ2n) is 4.13. The zero-order valence-electron chi connectivity index (χ0n) is 11.6. The second-order valence-corrected chi connectivity index (χ2v) is 4.13. The summed E-state index contributed by atoms with van der Waals surface area (Å²) in [7, 11) is 1.93. The molecule has 2 aromatic rings. The second kappa shape index (κ2) is 6.17. The van der Waals surface area contributed by atoms with Gasteiger partial charge in [-0.15, -0.1) is 0 Å². The molecule has 2 aromatic heterocycles. The molecule has 2 rings (SSSR count). The van der Waals surface area contributed by atoms with Gasteiger partial charge in [-0.2, -0.15) is 10.1 Å². The van der Waals surface area contributed by atoms with E-state index < -0.39 is 0 Å². The summed E-state index contributed by atoms with van der Waals surface area (Å²) in [5.41, 5.74) is 2.26. The van der Waals surface area contributed by atoms with Crippen LogP contribution in [0.5, 0.6) is 5.88 Å². The van der Waals surface area contributed by atoms with Crippen LogP contribution in [0, 0.1) is 0 Å². The average Bonchev–Trinajstić information content (AvgIpc) is 2.78. The quantitative estimate of drug-likeness (QED) is 0.858. The molecular formula is C13H19N5O. The van der Waals surface area contributed by atoms with Crippen molar-refractivity contribution in [3.63, 3.8) is 0 Å². The minimum Gasteiger partial charge on any atom is -0.478 e. The predicted octanol–water partition coefficient (Wildman–Crippen LogP) is 1.78. The molecule has 6 nitrogen and oxygen atoms in total. The molecule has 0 aromatic carbocycles. The van der Waals surface area contributed by atoms with Crippen LogP contribution in [0.4, 0.5) is 5.95 Å². The third-order valence-electron chi connectivity index (χ3n) is 2.69. The molecule has 102 valence electrons. The van der Waals surface area contributed by atoms with Gasteiger partial charge in [0.05, 0.1) is 12.3 Å². The molecular weight excluding hydrogens is 242 g/mol. The largest absolute Gasteiger partial charge is 0.478 e. The van der Waals surface area contributed by atoms with E-state index in [1.807, 2.05) is 24.9 Å². The highest BCUT2D eigenvalue weighted by Crippen LogP contribution is 2.11. The number of nitrogens with zero attached hydrogens (tertiary/aromatic N) is 4. The third-order valence-corrected chi connectivity index (χ3v) is 2.69. The Hall–Kier alpha value is -2.11. The number of ether oxygens (including phenoxy) is 1. The molecule has 0 fully saturated rings. The van der Waals surface area contributed by atoms with Gasteiger partial charge in [0.2, 0.25) is 11.8 Å². The molecule has 0 saturated heterocycles. The normalized spacial score (nSPS) is 10.5. The van der Waals surface area contributed by atoms with Crippen LogP contribution in [-0.2, 0) is 20.0 Å². The van der Waals surface area contributed by atoms with Gasteiger partial charge < -0.3 is 10.1 Å². The number of anilines is 1. The van der Waals surface area contributed by atoms with Crippen molar-refractivity contribution in [1.82, 2.24) is 19.7 Å². The lowest BCUT2D eigenvalue weighted by atomic mass is 10.2. The first-order valence-corrected chi connectivity index (χ1v) is 6.44. The number of aryl methyl sites for hydroxylation is 2. The van der Waals surface area contributed by atoms with Crippen LogP contribution in [0.25, 0.3) is 0 Å². The summed E-state index contributed by atoms with van der Waals surface area (Å²) in [6.45, 7) is 5.28. The van der Waals surface area contributed by atoms with E-state index in [0.29, 0.717) is 25.0 Å². The van der Waals surface area contributed by atoms with Crippen molar-refractivity contribution in [2.75, 3.05) is 11.9 Å². The first-order valence-electron chi connectivity index (χ1n) is 6.44. The standard InChI is InChI=1S/C13H19N5O/c1-4-11-10(9-18(3)17-11)8-15-13-14-7-6-12(16-13)19-5-2/h6-7,9H,4-5,8H2,1-3H3,(H,14,15,16). The lowest BCUT2D eigenvalue weighted by molar-refractivity contribution is 0.326. The van der Waals surface area contributed by atoms with E-state index in [4.69, 9.17) is 4.74 Å². The van der Waals surface area contributed by atoms with E-state index in [2.05, 4.69) is 27.3 Å². The highest BCUT2D eigenvalue weighted by atomic mass is 16.5. The van der Waals surface area contributed by atoms with Crippen molar-refractivity contribution in [2.45, 2.75) is 26.8 Å². The molecule has 19 heavy (non-hydrogen) atoms. The van der Waals surface area contributed by atoms with E-state index in [9.17, 15) is 0 Å². The van der Waals surface area contributed by atoms with Gasteiger partial charge in [-0.05, 0) is 13.3 Å². The highest BCUT2D eigenvalue weighted by molar-refractivity contribution is 5.30. The number of rotatable bonds is 6. The molecule has 0 radical (unpaired) electrons. The van der Waals surface area contributed by atoms with Crippen molar-refractivity contribution in [1.29, 1.82) is 0 Å². The predicted molar refractivity (Wildman–Crippen MR) is 73.1 cm³/mol. The molecule has 0 unspecified atom stereocenters. The molecule has 2 heterocycles. The smallest absolute Gasteiger partial charge is 0.226 e. The Morgan fingerprint density at radius 1 is 1.37 bits per heavy atom. The van der Waals surface area contributed by atoms with Gasteiger partial charge in [-0.25, -0.2) is 4.98 Å². The lowest BCUT2D eigenvalue weighted by Gasteiger charge is -2.06. The van der Waals surface area contributed by atoms with Crippen LogP contribution in [-0.4, -0.2) is 26.4 Å². The molecule has 0 atom stereocenters. The molecule has 0 spiro atoms. The molecule has 0 aliphatic heterocycles. The van der Waals surface area contributed by atoms with Gasteiger partial charge in [0.1, 0.15) is 0 Å². The Morgan fingerprint density at radius 3 is 2.95 bits per heavy atom. The Balaban J connectivity index is 2.03. The third kappa shape index (κ3) is 3.43.